The predicted octanol–water partition coefficient (Wildman–Crippen LogP) is 3.44. The van der Waals surface area contributed by atoms with Crippen molar-refractivity contribution >= 4 is 27.5 Å². The van der Waals surface area contributed by atoms with Crippen molar-refractivity contribution in [1.82, 2.24) is 15.2 Å². The van der Waals surface area contributed by atoms with Crippen molar-refractivity contribution in [1.29, 1.82) is 0 Å². The molecule has 0 amide bonds. The lowest BCUT2D eigenvalue weighted by atomic mass is 10.0. The van der Waals surface area contributed by atoms with Gasteiger partial charge in [0.05, 0.1) is 19.3 Å². The van der Waals surface area contributed by atoms with Crippen molar-refractivity contribution in [3.05, 3.63) is 45.1 Å². The van der Waals surface area contributed by atoms with Crippen molar-refractivity contribution in [2.75, 3.05) is 7.11 Å². The quantitative estimate of drug-likeness (QED) is 0.622. The number of hydrazine groups is 1. The Morgan fingerprint density at radius 3 is 2.71 bits per heavy atom. The van der Waals surface area contributed by atoms with E-state index in [1.807, 2.05) is 36.7 Å². The molecule has 7 heteroatoms. The first-order chi connectivity index (χ1) is 9.99. The first-order valence-corrected chi connectivity index (χ1v) is 7.69. The van der Waals surface area contributed by atoms with Crippen LogP contribution in [0.5, 0.6) is 5.75 Å². The molecular formula is C14H18BrClN4O. The van der Waals surface area contributed by atoms with E-state index in [9.17, 15) is 0 Å². The number of ether oxygens (including phenoxy) is 1. The maximum absolute atomic E-state index is 6.33. The van der Waals surface area contributed by atoms with E-state index in [0.29, 0.717) is 10.8 Å². The SMILES string of the molecule is COc1cnn(C(C)C)c1C(NN)c1cc(Br)ccc1Cl. The fraction of sp³-hybridized carbons (Fsp3) is 0.357. The lowest BCUT2D eigenvalue weighted by Crippen LogP contribution is -2.31. The zero-order chi connectivity index (χ0) is 15.6. The Morgan fingerprint density at radius 2 is 2.14 bits per heavy atom. The third-order valence-corrected chi connectivity index (χ3v) is 4.05. The zero-order valence-corrected chi connectivity index (χ0v) is 14.4. The van der Waals surface area contributed by atoms with Crippen LogP contribution in [0.15, 0.2) is 28.9 Å². The number of aromatic nitrogens is 2. The molecule has 0 saturated heterocycles. The molecule has 1 aromatic carbocycles. The Balaban J connectivity index is 2.61. The molecule has 1 unspecified atom stereocenters. The molecule has 0 saturated carbocycles. The highest BCUT2D eigenvalue weighted by atomic mass is 79.9. The standard InChI is InChI=1S/C14H18BrClN4O/c1-8(2)20-14(12(21-3)7-18-20)13(19-17)10-6-9(15)4-5-11(10)16/h4-8,13,19H,17H2,1-3H3. The molecule has 0 bridgehead atoms. The van der Waals surface area contributed by atoms with E-state index in [4.69, 9.17) is 22.2 Å². The minimum atomic E-state index is -0.324. The van der Waals surface area contributed by atoms with Gasteiger partial charge < -0.3 is 4.74 Å². The molecule has 0 aliphatic rings. The van der Waals surface area contributed by atoms with Crippen LogP contribution < -0.4 is 16.0 Å². The van der Waals surface area contributed by atoms with Crippen molar-refractivity contribution < 1.29 is 4.74 Å². The number of rotatable bonds is 5. The maximum atomic E-state index is 6.33. The van der Waals surface area contributed by atoms with Crippen LogP contribution in [-0.4, -0.2) is 16.9 Å². The summed E-state index contributed by atoms with van der Waals surface area (Å²) < 4.78 is 8.22. The average Bonchev–Trinajstić information content (AvgIpc) is 2.87. The lowest BCUT2D eigenvalue weighted by molar-refractivity contribution is 0.394. The van der Waals surface area contributed by atoms with Crippen LogP contribution in [0.3, 0.4) is 0 Å². The third kappa shape index (κ3) is 3.23. The van der Waals surface area contributed by atoms with Crippen LogP contribution in [0, 0.1) is 0 Å². The Hall–Kier alpha value is -1.08. The molecule has 1 aromatic heterocycles. The summed E-state index contributed by atoms with van der Waals surface area (Å²) in [6.07, 6.45) is 1.69. The summed E-state index contributed by atoms with van der Waals surface area (Å²) in [5.74, 6) is 6.46. The smallest absolute Gasteiger partial charge is 0.161 e. The van der Waals surface area contributed by atoms with Gasteiger partial charge in [-0.25, -0.2) is 5.43 Å². The Bertz CT molecular complexity index is 629. The molecule has 0 aliphatic heterocycles. The summed E-state index contributed by atoms with van der Waals surface area (Å²) in [5, 5.41) is 5.00. The van der Waals surface area contributed by atoms with Gasteiger partial charge in [-0.05, 0) is 37.6 Å². The predicted molar refractivity (Wildman–Crippen MR) is 87.5 cm³/mol. The van der Waals surface area contributed by atoms with Gasteiger partial charge in [-0.15, -0.1) is 0 Å². The number of hydrogen-bond donors (Lipinski definition) is 2. The first kappa shape index (κ1) is 16.3. The largest absolute Gasteiger partial charge is 0.493 e. The van der Waals surface area contributed by atoms with Crippen LogP contribution in [0.4, 0.5) is 0 Å². The average molecular weight is 374 g/mol. The van der Waals surface area contributed by atoms with Gasteiger partial charge in [0, 0.05) is 15.5 Å². The van der Waals surface area contributed by atoms with Gasteiger partial charge in [0.2, 0.25) is 0 Å². The highest BCUT2D eigenvalue weighted by Crippen LogP contribution is 2.35. The minimum absolute atomic E-state index is 0.172. The van der Waals surface area contributed by atoms with E-state index in [2.05, 4.69) is 26.5 Å². The molecule has 0 spiro atoms. The van der Waals surface area contributed by atoms with Gasteiger partial charge in [0.25, 0.3) is 0 Å². The van der Waals surface area contributed by atoms with Gasteiger partial charge in [0.15, 0.2) is 5.75 Å². The van der Waals surface area contributed by atoms with Crippen molar-refractivity contribution in [3.8, 4) is 5.75 Å². The van der Waals surface area contributed by atoms with Crippen LogP contribution in [-0.2, 0) is 0 Å². The van der Waals surface area contributed by atoms with E-state index in [-0.39, 0.29) is 12.1 Å². The number of hydrogen-bond acceptors (Lipinski definition) is 4. The van der Waals surface area contributed by atoms with Gasteiger partial charge in [-0.1, -0.05) is 27.5 Å². The Kier molecular flexibility index (Phi) is 5.27. The second-order valence-corrected chi connectivity index (χ2v) is 6.22. The molecule has 1 atom stereocenters. The summed E-state index contributed by atoms with van der Waals surface area (Å²) in [7, 11) is 1.61. The van der Waals surface area contributed by atoms with Crippen LogP contribution >= 0.6 is 27.5 Å². The first-order valence-electron chi connectivity index (χ1n) is 6.52. The highest BCUT2D eigenvalue weighted by Gasteiger charge is 2.25. The number of halogens is 2. The van der Waals surface area contributed by atoms with Crippen molar-refractivity contribution in [2.24, 2.45) is 5.84 Å². The minimum Gasteiger partial charge on any atom is -0.493 e. The zero-order valence-electron chi connectivity index (χ0n) is 12.1. The van der Waals surface area contributed by atoms with Crippen LogP contribution in [0.25, 0.3) is 0 Å². The van der Waals surface area contributed by atoms with Gasteiger partial charge in [0.1, 0.15) is 5.69 Å². The van der Waals surface area contributed by atoms with E-state index in [1.165, 1.54) is 0 Å². The molecule has 0 aliphatic carbocycles. The summed E-state index contributed by atoms with van der Waals surface area (Å²) >= 11 is 9.79. The number of nitrogens with zero attached hydrogens (tertiary/aromatic N) is 2. The fourth-order valence-electron chi connectivity index (χ4n) is 2.25. The van der Waals surface area contributed by atoms with Gasteiger partial charge >= 0.3 is 0 Å². The molecule has 3 N–H and O–H groups in total. The number of nitrogens with two attached hydrogens (primary N) is 1. The summed E-state index contributed by atoms with van der Waals surface area (Å²) in [6.45, 7) is 4.10. The maximum Gasteiger partial charge on any atom is 0.161 e. The van der Waals surface area contributed by atoms with E-state index in [0.717, 1.165) is 15.7 Å². The Morgan fingerprint density at radius 1 is 1.43 bits per heavy atom. The van der Waals surface area contributed by atoms with Crippen molar-refractivity contribution in [3.63, 3.8) is 0 Å². The fourth-order valence-corrected chi connectivity index (χ4v) is 2.86. The molecule has 2 rings (SSSR count). The highest BCUT2D eigenvalue weighted by molar-refractivity contribution is 9.10. The van der Waals surface area contributed by atoms with Crippen molar-refractivity contribution in [2.45, 2.75) is 25.9 Å². The van der Waals surface area contributed by atoms with E-state index < -0.39 is 0 Å². The number of benzene rings is 1. The molecule has 114 valence electrons. The number of nitrogens with one attached hydrogen (secondary N) is 1. The molecule has 5 nitrogen and oxygen atoms in total. The summed E-state index contributed by atoms with van der Waals surface area (Å²) in [6, 6.07) is 5.49. The van der Waals surface area contributed by atoms with Gasteiger partial charge in [-0.3, -0.25) is 10.5 Å². The lowest BCUT2D eigenvalue weighted by Gasteiger charge is -2.22. The van der Waals surface area contributed by atoms with Crippen LogP contribution in [0.1, 0.15) is 37.2 Å². The molecular weight excluding hydrogens is 356 g/mol. The monoisotopic (exact) mass is 372 g/mol. The summed E-state index contributed by atoms with van der Waals surface area (Å²) in [4.78, 5) is 0. The second kappa shape index (κ2) is 6.79. The molecule has 1 heterocycles. The molecule has 2 aromatic rings. The Labute approximate surface area is 137 Å². The second-order valence-electron chi connectivity index (χ2n) is 4.90. The van der Waals surface area contributed by atoms with E-state index in [1.54, 1.807) is 13.3 Å². The van der Waals surface area contributed by atoms with Gasteiger partial charge in [-0.2, -0.15) is 5.10 Å². The normalized spacial score (nSPS) is 12.7. The van der Waals surface area contributed by atoms with E-state index >= 15 is 0 Å². The third-order valence-electron chi connectivity index (χ3n) is 3.22. The van der Waals surface area contributed by atoms with Crippen LogP contribution in [0.2, 0.25) is 5.02 Å². The topological polar surface area (TPSA) is 65.1 Å². The number of methoxy groups -OCH3 is 1. The molecule has 21 heavy (non-hydrogen) atoms. The molecule has 0 radical (unpaired) electrons. The summed E-state index contributed by atoms with van der Waals surface area (Å²) in [5.41, 5.74) is 4.51. The molecule has 0 fully saturated rings.